The summed E-state index contributed by atoms with van der Waals surface area (Å²) in [6.45, 7) is 0. The molecule has 0 aliphatic carbocycles. The standard InChI is InChI=1S/C9H8O4S/c10-9(11)8-5-6-3-1-2-4-7(6)14(8,12)13/h1-4,8H,5H2,(H,10,11)/t8-/m0/s1. The Bertz CT molecular complexity index is 489. The van der Waals surface area contributed by atoms with Gasteiger partial charge in [-0.15, -0.1) is 0 Å². The molecule has 0 aromatic heterocycles. The highest BCUT2D eigenvalue weighted by atomic mass is 32.2. The van der Waals surface area contributed by atoms with Crippen LogP contribution in [0.15, 0.2) is 29.2 Å². The van der Waals surface area contributed by atoms with Crippen molar-refractivity contribution in [3.8, 4) is 0 Å². The normalized spacial score (nSPS) is 23.0. The van der Waals surface area contributed by atoms with Gasteiger partial charge in [-0.2, -0.15) is 0 Å². The van der Waals surface area contributed by atoms with Gasteiger partial charge in [0.05, 0.1) is 4.90 Å². The summed E-state index contributed by atoms with van der Waals surface area (Å²) in [5.41, 5.74) is 0.597. The second-order valence-electron chi connectivity index (χ2n) is 3.18. The van der Waals surface area contributed by atoms with Crippen LogP contribution in [0.4, 0.5) is 0 Å². The maximum absolute atomic E-state index is 11.6. The van der Waals surface area contributed by atoms with Gasteiger partial charge < -0.3 is 5.11 Å². The third kappa shape index (κ3) is 1.13. The van der Waals surface area contributed by atoms with Crippen molar-refractivity contribution in [3.05, 3.63) is 29.8 Å². The molecule has 1 aliphatic heterocycles. The minimum atomic E-state index is -3.65. The molecular formula is C9H8O4S. The Morgan fingerprint density at radius 2 is 2.00 bits per heavy atom. The average molecular weight is 212 g/mol. The number of carboxylic acids is 1. The van der Waals surface area contributed by atoms with E-state index in [0.717, 1.165) is 0 Å². The number of sulfone groups is 1. The van der Waals surface area contributed by atoms with Gasteiger partial charge in [-0.05, 0) is 11.6 Å². The Balaban J connectivity index is 2.62. The van der Waals surface area contributed by atoms with Gasteiger partial charge in [-0.3, -0.25) is 4.79 Å². The van der Waals surface area contributed by atoms with Gasteiger partial charge in [0.2, 0.25) is 0 Å². The fraction of sp³-hybridized carbons (Fsp3) is 0.222. The molecule has 0 spiro atoms. The van der Waals surface area contributed by atoms with Crippen molar-refractivity contribution < 1.29 is 18.3 Å². The molecule has 0 amide bonds. The van der Waals surface area contributed by atoms with Crippen LogP contribution in [0.2, 0.25) is 0 Å². The molecule has 4 nitrogen and oxygen atoms in total. The van der Waals surface area contributed by atoms with Gasteiger partial charge in [0.15, 0.2) is 15.1 Å². The Kier molecular flexibility index (Phi) is 1.85. The van der Waals surface area contributed by atoms with Gasteiger partial charge in [0.1, 0.15) is 0 Å². The van der Waals surface area contributed by atoms with E-state index in [2.05, 4.69) is 0 Å². The molecular weight excluding hydrogens is 204 g/mol. The molecule has 1 aromatic carbocycles. The van der Waals surface area contributed by atoms with Crippen molar-refractivity contribution in [1.29, 1.82) is 0 Å². The zero-order valence-corrected chi connectivity index (χ0v) is 7.99. The number of rotatable bonds is 1. The molecule has 1 atom stereocenters. The summed E-state index contributed by atoms with van der Waals surface area (Å²) in [5.74, 6) is -1.28. The first-order valence-electron chi connectivity index (χ1n) is 4.08. The first-order valence-corrected chi connectivity index (χ1v) is 5.63. The Hall–Kier alpha value is -1.36. The average Bonchev–Trinajstić information content (AvgIpc) is 2.39. The second kappa shape index (κ2) is 2.81. The molecule has 0 saturated carbocycles. The maximum atomic E-state index is 11.6. The number of hydrogen-bond donors (Lipinski definition) is 1. The van der Waals surface area contributed by atoms with Gasteiger partial charge >= 0.3 is 5.97 Å². The first kappa shape index (κ1) is 9.21. The van der Waals surface area contributed by atoms with Crippen molar-refractivity contribution in [3.63, 3.8) is 0 Å². The third-order valence-electron chi connectivity index (χ3n) is 2.33. The van der Waals surface area contributed by atoms with Crippen LogP contribution in [-0.4, -0.2) is 24.7 Å². The Labute approximate surface area is 81.1 Å². The van der Waals surface area contributed by atoms with E-state index in [9.17, 15) is 13.2 Å². The number of fused-ring (bicyclic) bond motifs is 1. The Morgan fingerprint density at radius 3 is 2.57 bits per heavy atom. The maximum Gasteiger partial charge on any atom is 0.322 e. The smallest absolute Gasteiger partial charge is 0.322 e. The molecule has 14 heavy (non-hydrogen) atoms. The van der Waals surface area contributed by atoms with Crippen LogP contribution in [0, 0.1) is 0 Å². The van der Waals surface area contributed by atoms with E-state index in [0.29, 0.717) is 5.56 Å². The summed E-state index contributed by atoms with van der Waals surface area (Å²) in [6.07, 6.45) is 0.0772. The van der Waals surface area contributed by atoms with Crippen LogP contribution in [0.25, 0.3) is 0 Å². The summed E-state index contributed by atoms with van der Waals surface area (Å²) >= 11 is 0. The van der Waals surface area contributed by atoms with Gasteiger partial charge in [-0.1, -0.05) is 18.2 Å². The van der Waals surface area contributed by atoms with E-state index < -0.39 is 21.1 Å². The van der Waals surface area contributed by atoms with Crippen LogP contribution in [-0.2, 0) is 21.1 Å². The van der Waals surface area contributed by atoms with Crippen LogP contribution in [0.5, 0.6) is 0 Å². The van der Waals surface area contributed by atoms with E-state index in [1.165, 1.54) is 6.07 Å². The quantitative estimate of drug-likeness (QED) is 0.734. The molecule has 0 bridgehead atoms. The van der Waals surface area contributed by atoms with Crippen molar-refractivity contribution >= 4 is 15.8 Å². The summed E-state index contributed by atoms with van der Waals surface area (Å²) < 4.78 is 23.3. The molecule has 0 unspecified atom stereocenters. The van der Waals surface area contributed by atoms with Crippen molar-refractivity contribution in [2.24, 2.45) is 0 Å². The molecule has 2 rings (SSSR count). The Morgan fingerprint density at radius 1 is 1.36 bits per heavy atom. The molecule has 1 aliphatic rings. The predicted molar refractivity (Wildman–Crippen MR) is 48.8 cm³/mol. The highest BCUT2D eigenvalue weighted by Crippen LogP contribution is 2.30. The fourth-order valence-corrected chi connectivity index (χ4v) is 3.39. The predicted octanol–water partition coefficient (Wildman–Crippen LogP) is 0.470. The topological polar surface area (TPSA) is 71.4 Å². The third-order valence-corrected chi connectivity index (χ3v) is 4.46. The summed E-state index contributed by atoms with van der Waals surface area (Å²) in [5, 5.41) is 7.44. The largest absolute Gasteiger partial charge is 0.480 e. The van der Waals surface area contributed by atoms with Gasteiger partial charge in [0, 0.05) is 6.42 Å². The number of carboxylic acid groups (broad SMARTS) is 1. The molecule has 0 fully saturated rings. The zero-order valence-electron chi connectivity index (χ0n) is 7.17. The number of carbonyl (C=O) groups is 1. The van der Waals surface area contributed by atoms with E-state index in [-0.39, 0.29) is 11.3 Å². The van der Waals surface area contributed by atoms with E-state index in [4.69, 9.17) is 5.11 Å². The monoisotopic (exact) mass is 212 g/mol. The number of hydrogen-bond acceptors (Lipinski definition) is 3. The van der Waals surface area contributed by atoms with E-state index in [1.54, 1.807) is 18.2 Å². The van der Waals surface area contributed by atoms with Crippen LogP contribution in [0.1, 0.15) is 5.56 Å². The lowest BCUT2D eigenvalue weighted by molar-refractivity contribution is -0.136. The fourth-order valence-electron chi connectivity index (χ4n) is 1.63. The van der Waals surface area contributed by atoms with Crippen molar-refractivity contribution in [2.75, 3.05) is 0 Å². The highest BCUT2D eigenvalue weighted by molar-refractivity contribution is 7.93. The highest BCUT2D eigenvalue weighted by Gasteiger charge is 2.41. The van der Waals surface area contributed by atoms with E-state index in [1.807, 2.05) is 0 Å². The molecule has 0 saturated heterocycles. The molecule has 74 valence electrons. The SMILES string of the molecule is O=C(O)[C@@H]1Cc2ccccc2S1(=O)=O. The number of benzene rings is 1. The minimum Gasteiger partial charge on any atom is -0.480 e. The van der Waals surface area contributed by atoms with Crippen LogP contribution in [0.3, 0.4) is 0 Å². The minimum absolute atomic E-state index is 0.0772. The van der Waals surface area contributed by atoms with Gasteiger partial charge in [-0.25, -0.2) is 8.42 Å². The van der Waals surface area contributed by atoms with Crippen LogP contribution >= 0.6 is 0 Å². The molecule has 1 heterocycles. The molecule has 1 N–H and O–H groups in total. The lowest BCUT2D eigenvalue weighted by Crippen LogP contribution is -2.26. The summed E-state index contributed by atoms with van der Waals surface area (Å²) in [6, 6.07) is 6.41. The van der Waals surface area contributed by atoms with Crippen LogP contribution < -0.4 is 0 Å². The van der Waals surface area contributed by atoms with Crippen molar-refractivity contribution in [2.45, 2.75) is 16.6 Å². The van der Waals surface area contributed by atoms with Gasteiger partial charge in [0.25, 0.3) is 0 Å². The molecule has 0 radical (unpaired) electrons. The molecule has 1 aromatic rings. The second-order valence-corrected chi connectivity index (χ2v) is 5.28. The lowest BCUT2D eigenvalue weighted by atomic mass is 10.1. The number of aliphatic carboxylic acids is 1. The summed E-state index contributed by atoms with van der Waals surface area (Å²) in [4.78, 5) is 10.9. The summed E-state index contributed by atoms with van der Waals surface area (Å²) in [7, 11) is -3.65. The van der Waals surface area contributed by atoms with E-state index >= 15 is 0 Å². The zero-order chi connectivity index (χ0) is 10.3. The first-order chi connectivity index (χ1) is 6.53. The molecule has 5 heteroatoms. The van der Waals surface area contributed by atoms with Crippen molar-refractivity contribution in [1.82, 2.24) is 0 Å². The lowest BCUT2D eigenvalue weighted by Gasteiger charge is -2.01.